The third kappa shape index (κ3) is 4.22. The summed E-state index contributed by atoms with van der Waals surface area (Å²) < 4.78 is 19.8. The van der Waals surface area contributed by atoms with Gasteiger partial charge in [0, 0.05) is 42.7 Å². The Kier molecular flexibility index (Phi) is 6.31. The van der Waals surface area contributed by atoms with Crippen LogP contribution in [0.15, 0.2) is 49.3 Å². The Morgan fingerprint density at radius 3 is 3.03 bits per heavy atom. The molecule has 2 bridgehead atoms. The van der Waals surface area contributed by atoms with E-state index in [0.29, 0.717) is 47.1 Å². The average Bonchev–Trinajstić information content (AvgIpc) is 3.66. The molecule has 2 aromatic heterocycles. The van der Waals surface area contributed by atoms with Gasteiger partial charge in [-0.05, 0) is 49.5 Å². The van der Waals surface area contributed by atoms with E-state index in [1.807, 2.05) is 11.0 Å². The number of carbonyl (C=O) groups excluding carboxylic acids is 2. The van der Waals surface area contributed by atoms with E-state index in [1.165, 1.54) is 19.3 Å². The zero-order valence-corrected chi connectivity index (χ0v) is 21.5. The lowest BCUT2D eigenvalue weighted by atomic mass is 9.98. The highest BCUT2D eigenvalue weighted by molar-refractivity contribution is 6.06. The van der Waals surface area contributed by atoms with Crippen LogP contribution in [-0.2, 0) is 11.2 Å². The molecule has 0 unspecified atom stereocenters. The maximum Gasteiger partial charge on any atom is 0.255 e. The molecule has 1 aliphatic carbocycles. The summed E-state index contributed by atoms with van der Waals surface area (Å²) in [5.41, 5.74) is 4.17. The van der Waals surface area contributed by atoms with Crippen molar-refractivity contribution in [3.8, 4) is 28.8 Å². The zero-order chi connectivity index (χ0) is 27.1. The van der Waals surface area contributed by atoms with Crippen molar-refractivity contribution in [3.05, 3.63) is 72.0 Å². The first-order chi connectivity index (χ1) is 19.0. The number of likely N-dealkylation sites (tertiary alicyclic amines) is 1. The molecule has 6 rings (SSSR count). The highest BCUT2D eigenvalue weighted by Gasteiger charge is 2.46. The van der Waals surface area contributed by atoms with E-state index in [-0.39, 0.29) is 29.6 Å². The van der Waals surface area contributed by atoms with Gasteiger partial charge in [0.15, 0.2) is 11.6 Å². The third-order valence-electron chi connectivity index (χ3n) is 7.86. The minimum atomic E-state index is -0.516. The van der Waals surface area contributed by atoms with Crippen LogP contribution < -0.4 is 15.4 Å². The molecule has 2 aliphatic heterocycles. The van der Waals surface area contributed by atoms with Crippen molar-refractivity contribution < 1.29 is 18.7 Å². The van der Waals surface area contributed by atoms with E-state index < -0.39 is 5.82 Å². The normalized spacial score (nSPS) is 21.0. The number of nitrogens with one attached hydrogen (secondary N) is 3. The molecule has 2 fully saturated rings. The van der Waals surface area contributed by atoms with Gasteiger partial charge in [-0.3, -0.25) is 14.6 Å². The number of amides is 2. The molecule has 1 saturated carbocycles. The van der Waals surface area contributed by atoms with Crippen LogP contribution in [0.4, 0.5) is 15.8 Å². The number of ether oxygens (including phenoxy) is 1. The molecule has 3 aromatic rings. The number of H-pyrrole nitrogens is 1. The number of piperidine rings is 1. The van der Waals surface area contributed by atoms with Crippen molar-refractivity contribution in [1.82, 2.24) is 20.2 Å². The quantitative estimate of drug-likeness (QED) is 0.343. The Morgan fingerprint density at radius 2 is 2.21 bits per heavy atom. The van der Waals surface area contributed by atoms with Crippen molar-refractivity contribution in [2.75, 3.05) is 19.0 Å². The molecule has 8 nitrogen and oxygen atoms in total. The Labute approximate surface area is 225 Å². The molecule has 1 saturated heterocycles. The number of para-hydroxylation sites is 1. The summed E-state index contributed by atoms with van der Waals surface area (Å²) in [6.45, 7) is 4.18. The standard InChI is InChI=1S/C30H28FN5O3/c1-3-25(37)36-19-9-7-17(15-19)24(36)10-8-18-16-32-13-11-20(18)27-28(26-22(34-27)12-14-33-30(26)38)35-23-6-4-5-21(31)29(23)39-2/h3-6,11,13,16-17,19,24,34-35H,1,7,9,12,14-15H2,2H3,(H,33,38)/t17-,19+,24+/m1/s1. The number of hydrogen-bond donors (Lipinski definition) is 3. The molecular weight excluding hydrogens is 497 g/mol. The third-order valence-corrected chi connectivity index (χ3v) is 7.86. The predicted octanol–water partition coefficient (Wildman–Crippen LogP) is 4.17. The minimum absolute atomic E-state index is 0.0487. The van der Waals surface area contributed by atoms with Gasteiger partial charge >= 0.3 is 0 Å². The summed E-state index contributed by atoms with van der Waals surface area (Å²) in [7, 11) is 1.40. The van der Waals surface area contributed by atoms with Crippen LogP contribution in [0.1, 0.15) is 40.9 Å². The highest BCUT2D eigenvalue weighted by atomic mass is 19.1. The second-order valence-electron chi connectivity index (χ2n) is 9.99. The van der Waals surface area contributed by atoms with E-state index >= 15 is 0 Å². The van der Waals surface area contributed by atoms with Crippen LogP contribution in [0.3, 0.4) is 0 Å². The fraction of sp³-hybridized carbons (Fsp3) is 0.300. The first-order valence-corrected chi connectivity index (χ1v) is 13.0. The lowest BCUT2D eigenvalue weighted by molar-refractivity contribution is -0.128. The van der Waals surface area contributed by atoms with Crippen molar-refractivity contribution >= 4 is 23.2 Å². The van der Waals surface area contributed by atoms with Gasteiger partial charge in [-0.2, -0.15) is 0 Å². The second kappa shape index (κ2) is 9.95. The lowest BCUT2D eigenvalue weighted by Gasteiger charge is -2.31. The van der Waals surface area contributed by atoms with E-state index in [1.54, 1.807) is 24.5 Å². The van der Waals surface area contributed by atoms with Gasteiger partial charge < -0.3 is 25.3 Å². The number of fused-ring (bicyclic) bond motifs is 3. The highest BCUT2D eigenvalue weighted by Crippen LogP contribution is 2.43. The fourth-order valence-corrected chi connectivity index (χ4v) is 6.11. The van der Waals surface area contributed by atoms with Gasteiger partial charge in [0.2, 0.25) is 5.91 Å². The van der Waals surface area contributed by atoms with Crippen LogP contribution in [0, 0.1) is 23.6 Å². The number of halogens is 1. The smallest absolute Gasteiger partial charge is 0.255 e. The number of methoxy groups -OCH3 is 1. The number of pyridine rings is 1. The van der Waals surface area contributed by atoms with Gasteiger partial charge in [0.05, 0.1) is 41.3 Å². The van der Waals surface area contributed by atoms with Crippen molar-refractivity contribution in [2.24, 2.45) is 5.92 Å². The first-order valence-electron chi connectivity index (χ1n) is 13.0. The zero-order valence-electron chi connectivity index (χ0n) is 21.5. The summed E-state index contributed by atoms with van der Waals surface area (Å²) in [4.78, 5) is 35.2. The summed E-state index contributed by atoms with van der Waals surface area (Å²) in [6, 6.07) is 6.45. The minimum Gasteiger partial charge on any atom is -0.492 e. The Morgan fingerprint density at radius 1 is 1.33 bits per heavy atom. The second-order valence-corrected chi connectivity index (χ2v) is 9.99. The molecular formula is C30H28FN5O3. The van der Waals surface area contributed by atoms with E-state index in [2.05, 4.69) is 39.0 Å². The van der Waals surface area contributed by atoms with Crippen LogP contribution in [-0.4, -0.2) is 52.4 Å². The van der Waals surface area contributed by atoms with Gasteiger partial charge in [-0.1, -0.05) is 24.5 Å². The molecule has 1 aromatic carbocycles. The SMILES string of the molecule is C=CC(=O)N1[C@H]2CC[C@H](C2)[C@@H]1C#Cc1cnccc1-c1[nH]c2c(c1Nc1cccc(F)c1OC)C(=O)NCC2. The van der Waals surface area contributed by atoms with Gasteiger partial charge in [0.25, 0.3) is 5.91 Å². The number of nitrogens with zero attached hydrogens (tertiary/aromatic N) is 2. The summed E-state index contributed by atoms with van der Waals surface area (Å²) in [5.74, 6) is 6.20. The monoisotopic (exact) mass is 525 g/mol. The van der Waals surface area contributed by atoms with Crippen LogP contribution in [0.2, 0.25) is 0 Å². The molecule has 2 amide bonds. The summed E-state index contributed by atoms with van der Waals surface area (Å²) in [6.07, 6.45) is 8.33. The Bertz CT molecular complexity index is 1550. The molecule has 3 atom stereocenters. The van der Waals surface area contributed by atoms with Crippen molar-refractivity contribution in [2.45, 2.75) is 37.8 Å². The first kappa shape index (κ1) is 24.7. The Hall–Kier alpha value is -4.58. The van der Waals surface area contributed by atoms with Crippen molar-refractivity contribution in [3.63, 3.8) is 0 Å². The number of carbonyl (C=O) groups is 2. The fourth-order valence-electron chi connectivity index (χ4n) is 6.11. The molecule has 3 N–H and O–H groups in total. The molecule has 9 heteroatoms. The Balaban J connectivity index is 1.45. The van der Waals surface area contributed by atoms with E-state index in [4.69, 9.17) is 4.74 Å². The molecule has 3 aliphatic rings. The number of benzene rings is 1. The maximum absolute atomic E-state index is 14.5. The largest absolute Gasteiger partial charge is 0.492 e. The number of aromatic nitrogens is 2. The van der Waals surface area contributed by atoms with Crippen LogP contribution in [0.25, 0.3) is 11.3 Å². The van der Waals surface area contributed by atoms with Gasteiger partial charge in [-0.15, -0.1) is 0 Å². The van der Waals surface area contributed by atoms with Crippen LogP contribution in [0.5, 0.6) is 5.75 Å². The van der Waals surface area contributed by atoms with Crippen LogP contribution >= 0.6 is 0 Å². The van der Waals surface area contributed by atoms with E-state index in [9.17, 15) is 14.0 Å². The summed E-state index contributed by atoms with van der Waals surface area (Å²) >= 11 is 0. The van der Waals surface area contributed by atoms with Gasteiger partial charge in [0.1, 0.15) is 0 Å². The molecule has 0 radical (unpaired) electrons. The number of rotatable bonds is 5. The number of aromatic amines is 1. The molecule has 0 spiro atoms. The maximum atomic E-state index is 14.5. The van der Waals surface area contributed by atoms with Crippen molar-refractivity contribution in [1.29, 1.82) is 0 Å². The average molecular weight is 526 g/mol. The lowest BCUT2D eigenvalue weighted by Crippen LogP contribution is -2.43. The molecule has 198 valence electrons. The topological polar surface area (TPSA) is 99.3 Å². The number of hydrogen-bond acceptors (Lipinski definition) is 5. The molecule has 39 heavy (non-hydrogen) atoms. The number of anilines is 2. The van der Waals surface area contributed by atoms with E-state index in [0.717, 1.165) is 30.5 Å². The predicted molar refractivity (Wildman–Crippen MR) is 145 cm³/mol. The molecule has 4 heterocycles. The van der Waals surface area contributed by atoms with Gasteiger partial charge in [-0.25, -0.2) is 4.39 Å². The summed E-state index contributed by atoms with van der Waals surface area (Å²) in [5, 5.41) is 6.15.